The predicted molar refractivity (Wildman–Crippen MR) is 196 cm³/mol. The monoisotopic (exact) mass is 717 g/mol. The molecule has 5 amide bonds. The van der Waals surface area contributed by atoms with Crippen LogP contribution in [0.15, 0.2) is 30.3 Å². The number of hydrogen-bond acceptors (Lipinski definition) is 8. The van der Waals surface area contributed by atoms with Crippen LogP contribution in [-0.2, 0) is 39.9 Å². The van der Waals surface area contributed by atoms with Crippen molar-refractivity contribution >= 4 is 35.7 Å². The minimum Gasteiger partial charge on any atom is -0.467 e. The van der Waals surface area contributed by atoms with E-state index in [2.05, 4.69) is 26.6 Å². The second kappa shape index (κ2) is 21.3. The lowest BCUT2D eigenvalue weighted by Crippen LogP contribution is -2.60. The van der Waals surface area contributed by atoms with Crippen LogP contribution in [0.25, 0.3) is 0 Å². The number of amides is 5. The Labute approximate surface area is 304 Å². The Balaban J connectivity index is 3.21. The summed E-state index contributed by atoms with van der Waals surface area (Å²) in [5.74, 6) is -3.26. The van der Waals surface area contributed by atoms with Crippen molar-refractivity contribution in [1.82, 2.24) is 26.6 Å². The van der Waals surface area contributed by atoms with Crippen LogP contribution < -0.4 is 26.6 Å². The van der Waals surface area contributed by atoms with E-state index in [1.807, 2.05) is 71.9 Å². The fourth-order valence-electron chi connectivity index (χ4n) is 5.34. The van der Waals surface area contributed by atoms with Gasteiger partial charge in [0.1, 0.15) is 35.8 Å². The maximum absolute atomic E-state index is 13.8. The van der Waals surface area contributed by atoms with E-state index in [1.165, 1.54) is 7.11 Å². The van der Waals surface area contributed by atoms with Crippen LogP contribution in [0.2, 0.25) is 0 Å². The van der Waals surface area contributed by atoms with Gasteiger partial charge in [0.25, 0.3) is 0 Å². The van der Waals surface area contributed by atoms with Crippen molar-refractivity contribution in [3.63, 3.8) is 0 Å². The first-order chi connectivity index (χ1) is 23.6. The van der Waals surface area contributed by atoms with Crippen LogP contribution >= 0.6 is 0 Å². The third-order valence-corrected chi connectivity index (χ3v) is 7.73. The number of esters is 1. The Morgan fingerprint density at radius 1 is 0.588 bits per heavy atom. The molecule has 0 saturated heterocycles. The largest absolute Gasteiger partial charge is 0.467 e. The minimum absolute atomic E-state index is 0.00227. The van der Waals surface area contributed by atoms with Gasteiger partial charge in [-0.25, -0.2) is 9.59 Å². The maximum atomic E-state index is 13.8. The lowest BCUT2D eigenvalue weighted by Gasteiger charge is -2.30. The van der Waals surface area contributed by atoms with E-state index in [0.29, 0.717) is 6.42 Å². The van der Waals surface area contributed by atoms with Crippen LogP contribution in [0.5, 0.6) is 0 Å². The molecule has 288 valence electrons. The standard InChI is InChI=1S/C38H63N5O8/c1-22(2)18-27(32(44)41-30(36(48)50-12)21-26-16-14-13-15-17-26)40-35(47)31(25(7)8)43-34(46)28(19-23(3)4)39-33(45)29(20-24(5)6)42-37(49)51-38(9,10)11/h13-17,22-25,27-31H,18-21H2,1-12H3,(H,39,45)(H,40,47)(H,41,44)(H,42,49)(H,43,46)/t27-,28-,29-,30-,31+/m0/s1. The zero-order valence-corrected chi connectivity index (χ0v) is 32.7. The molecular formula is C38H63N5O8. The van der Waals surface area contributed by atoms with Crippen LogP contribution in [-0.4, -0.2) is 78.6 Å². The summed E-state index contributed by atoms with van der Waals surface area (Å²) in [7, 11) is 1.24. The van der Waals surface area contributed by atoms with Gasteiger partial charge in [-0.2, -0.15) is 0 Å². The van der Waals surface area contributed by atoms with E-state index in [-0.39, 0.29) is 37.0 Å². The summed E-state index contributed by atoms with van der Waals surface area (Å²) < 4.78 is 10.3. The molecule has 0 unspecified atom stereocenters. The van der Waals surface area contributed by atoms with Gasteiger partial charge in [-0.05, 0) is 69.3 Å². The van der Waals surface area contributed by atoms with Gasteiger partial charge in [0.15, 0.2) is 0 Å². The molecule has 0 heterocycles. The first kappa shape index (κ1) is 44.9. The zero-order valence-electron chi connectivity index (χ0n) is 32.7. The molecular weight excluding hydrogens is 654 g/mol. The van der Waals surface area contributed by atoms with Crippen LogP contribution in [0.1, 0.15) is 101 Å². The average molecular weight is 718 g/mol. The first-order valence-corrected chi connectivity index (χ1v) is 18.0. The van der Waals surface area contributed by atoms with Crippen molar-refractivity contribution in [3.05, 3.63) is 35.9 Å². The number of alkyl carbamates (subject to hydrolysis) is 1. The Morgan fingerprint density at radius 2 is 1.00 bits per heavy atom. The summed E-state index contributed by atoms with van der Waals surface area (Å²) >= 11 is 0. The van der Waals surface area contributed by atoms with E-state index in [0.717, 1.165) is 5.56 Å². The molecule has 0 radical (unpaired) electrons. The Morgan fingerprint density at radius 3 is 1.41 bits per heavy atom. The van der Waals surface area contributed by atoms with Gasteiger partial charge in [0.05, 0.1) is 7.11 Å². The molecule has 51 heavy (non-hydrogen) atoms. The molecule has 13 heteroatoms. The number of benzene rings is 1. The fourth-order valence-corrected chi connectivity index (χ4v) is 5.34. The summed E-state index contributed by atoms with van der Waals surface area (Å²) in [5.41, 5.74) is 0.0506. The molecule has 1 aromatic rings. The zero-order chi connectivity index (χ0) is 39.1. The van der Waals surface area contributed by atoms with Crippen molar-refractivity contribution in [1.29, 1.82) is 0 Å². The molecule has 1 aromatic carbocycles. The molecule has 1 rings (SSSR count). The summed E-state index contributed by atoms with van der Waals surface area (Å²) in [6, 6.07) is 4.14. The van der Waals surface area contributed by atoms with E-state index in [1.54, 1.807) is 34.6 Å². The number of hydrogen-bond donors (Lipinski definition) is 5. The molecule has 0 saturated carbocycles. The smallest absolute Gasteiger partial charge is 0.408 e. The van der Waals surface area contributed by atoms with Gasteiger partial charge in [0, 0.05) is 6.42 Å². The summed E-state index contributed by atoms with van der Waals surface area (Å²) in [6.45, 7) is 20.1. The van der Waals surface area contributed by atoms with E-state index in [4.69, 9.17) is 9.47 Å². The molecule has 5 atom stereocenters. The maximum Gasteiger partial charge on any atom is 0.408 e. The van der Waals surface area contributed by atoms with Crippen molar-refractivity contribution in [2.45, 2.75) is 138 Å². The molecule has 0 spiro atoms. The topological polar surface area (TPSA) is 181 Å². The second-order valence-corrected chi connectivity index (χ2v) is 15.7. The van der Waals surface area contributed by atoms with Crippen LogP contribution in [0.4, 0.5) is 4.79 Å². The molecule has 0 aliphatic rings. The van der Waals surface area contributed by atoms with Gasteiger partial charge >= 0.3 is 12.1 Å². The van der Waals surface area contributed by atoms with E-state index >= 15 is 0 Å². The minimum atomic E-state index is -1.06. The number of carbonyl (C=O) groups is 6. The van der Waals surface area contributed by atoms with Crippen molar-refractivity contribution < 1.29 is 38.2 Å². The highest BCUT2D eigenvalue weighted by molar-refractivity contribution is 5.96. The molecule has 13 nitrogen and oxygen atoms in total. The molecule has 0 aliphatic heterocycles. The number of nitrogens with one attached hydrogen (secondary N) is 5. The Bertz CT molecular complexity index is 1290. The van der Waals surface area contributed by atoms with Gasteiger partial charge in [-0.15, -0.1) is 0 Å². The van der Waals surface area contributed by atoms with Crippen LogP contribution in [0, 0.1) is 23.7 Å². The molecule has 0 fully saturated rings. The lowest BCUT2D eigenvalue weighted by molar-refractivity contribution is -0.145. The first-order valence-electron chi connectivity index (χ1n) is 18.0. The fraction of sp³-hybridized carbons (Fsp3) is 0.684. The van der Waals surface area contributed by atoms with Crippen molar-refractivity contribution in [2.75, 3.05) is 7.11 Å². The third kappa shape index (κ3) is 17.6. The van der Waals surface area contributed by atoms with Gasteiger partial charge in [-0.3, -0.25) is 19.2 Å². The van der Waals surface area contributed by atoms with Crippen LogP contribution in [0.3, 0.4) is 0 Å². The molecule has 0 aromatic heterocycles. The van der Waals surface area contributed by atoms with Crippen molar-refractivity contribution in [3.8, 4) is 0 Å². The molecule has 0 aliphatic carbocycles. The number of rotatable bonds is 19. The average Bonchev–Trinajstić information content (AvgIpc) is 3.00. The van der Waals surface area contributed by atoms with Gasteiger partial charge < -0.3 is 36.1 Å². The number of methoxy groups -OCH3 is 1. The quantitative estimate of drug-likeness (QED) is 0.133. The SMILES string of the molecule is COC(=O)[C@H](Cc1ccccc1)NC(=O)[C@H](CC(C)C)NC(=O)[C@H](NC(=O)[C@H](CC(C)C)NC(=O)[C@H](CC(C)C)NC(=O)OC(C)(C)C)C(C)C. The van der Waals surface area contributed by atoms with Gasteiger partial charge in [0.2, 0.25) is 23.6 Å². The summed E-state index contributed by atoms with van der Waals surface area (Å²) in [5, 5.41) is 13.7. The lowest BCUT2D eigenvalue weighted by atomic mass is 9.97. The third-order valence-electron chi connectivity index (χ3n) is 7.73. The number of carbonyl (C=O) groups excluding carboxylic acids is 6. The molecule has 5 N–H and O–H groups in total. The Kier molecular flexibility index (Phi) is 18.7. The summed E-state index contributed by atoms with van der Waals surface area (Å²) in [6.07, 6.45) is 0.283. The van der Waals surface area contributed by atoms with E-state index in [9.17, 15) is 28.8 Å². The highest BCUT2D eigenvalue weighted by atomic mass is 16.6. The second-order valence-electron chi connectivity index (χ2n) is 15.7. The Hall–Kier alpha value is -4.16. The van der Waals surface area contributed by atoms with Gasteiger partial charge in [-0.1, -0.05) is 85.7 Å². The van der Waals surface area contributed by atoms with E-state index < -0.39 is 77.4 Å². The highest BCUT2D eigenvalue weighted by Crippen LogP contribution is 2.14. The number of ether oxygens (including phenoxy) is 2. The van der Waals surface area contributed by atoms with Crippen molar-refractivity contribution in [2.24, 2.45) is 23.7 Å². The highest BCUT2D eigenvalue weighted by Gasteiger charge is 2.35. The predicted octanol–water partition coefficient (Wildman–Crippen LogP) is 4.03. The summed E-state index contributed by atoms with van der Waals surface area (Å²) in [4.78, 5) is 79.8. The molecule has 0 bridgehead atoms. The normalized spacial score (nSPS) is 14.6.